The van der Waals surface area contributed by atoms with Crippen LogP contribution in [0.5, 0.6) is 5.75 Å². The molecule has 104 valence electrons. The highest BCUT2D eigenvalue weighted by Gasteiger charge is 2.12. The molecule has 0 unspecified atom stereocenters. The van der Waals surface area contributed by atoms with E-state index in [0.29, 0.717) is 11.3 Å². The molecule has 0 spiro atoms. The summed E-state index contributed by atoms with van der Waals surface area (Å²) in [6.07, 6.45) is 0. The summed E-state index contributed by atoms with van der Waals surface area (Å²) < 4.78 is 24.0. The largest absolute Gasteiger partial charge is 0.467 e. The second kappa shape index (κ2) is 7.22. The first-order chi connectivity index (χ1) is 9.76. The minimum Gasteiger partial charge on any atom is -0.467 e. The Morgan fingerprint density at radius 3 is 2.60 bits per heavy atom. The van der Waals surface area contributed by atoms with Gasteiger partial charge in [-0.1, -0.05) is 46.3 Å². The highest BCUT2D eigenvalue weighted by atomic mass is 79.9. The maximum Gasteiger partial charge on any atom is 0.188 e. The van der Waals surface area contributed by atoms with E-state index in [4.69, 9.17) is 9.47 Å². The summed E-state index contributed by atoms with van der Waals surface area (Å²) in [5.41, 5.74) is 2.48. The third-order valence-corrected chi connectivity index (χ3v) is 3.22. The van der Waals surface area contributed by atoms with Crippen LogP contribution in [0.25, 0.3) is 5.57 Å². The summed E-state index contributed by atoms with van der Waals surface area (Å²) in [5, 5.41) is 0. The molecule has 2 aromatic rings. The first-order valence-electron chi connectivity index (χ1n) is 6.03. The van der Waals surface area contributed by atoms with E-state index in [2.05, 4.69) is 15.9 Å². The molecule has 0 aromatic heterocycles. The molecule has 2 rings (SSSR count). The van der Waals surface area contributed by atoms with Crippen LogP contribution in [0, 0.1) is 5.82 Å². The molecule has 0 N–H and O–H groups in total. The molecule has 0 aliphatic carbocycles. The zero-order valence-electron chi connectivity index (χ0n) is 11.0. The summed E-state index contributed by atoms with van der Waals surface area (Å²) in [5.74, 6) is 0.260. The van der Waals surface area contributed by atoms with Gasteiger partial charge in [-0.05, 0) is 34.3 Å². The van der Waals surface area contributed by atoms with Gasteiger partial charge < -0.3 is 9.47 Å². The Kier molecular flexibility index (Phi) is 5.32. The van der Waals surface area contributed by atoms with Gasteiger partial charge in [0.2, 0.25) is 0 Å². The zero-order chi connectivity index (χ0) is 14.4. The minimum atomic E-state index is -0.312. The van der Waals surface area contributed by atoms with E-state index < -0.39 is 0 Å². The minimum absolute atomic E-state index is 0.114. The number of rotatable bonds is 5. The lowest BCUT2D eigenvalue weighted by Gasteiger charge is -2.13. The lowest BCUT2D eigenvalue weighted by Crippen LogP contribution is -2.02. The van der Waals surface area contributed by atoms with Crippen molar-refractivity contribution in [2.75, 3.05) is 13.9 Å². The topological polar surface area (TPSA) is 18.5 Å². The third kappa shape index (κ3) is 3.46. The van der Waals surface area contributed by atoms with Gasteiger partial charge in [-0.15, -0.1) is 0 Å². The molecular formula is C16H14BrFO2. The molecule has 0 heterocycles. The Labute approximate surface area is 126 Å². The molecular weight excluding hydrogens is 323 g/mol. The number of benzene rings is 2. The molecule has 2 nitrogen and oxygen atoms in total. The molecule has 0 fully saturated rings. The first kappa shape index (κ1) is 14.8. The lowest BCUT2D eigenvalue weighted by molar-refractivity contribution is 0.0509. The number of hydrogen-bond acceptors (Lipinski definition) is 2. The summed E-state index contributed by atoms with van der Waals surface area (Å²) in [4.78, 5) is 1.76. The van der Waals surface area contributed by atoms with Gasteiger partial charge in [0.1, 0.15) is 11.6 Å². The van der Waals surface area contributed by atoms with E-state index in [9.17, 15) is 4.39 Å². The molecule has 2 aromatic carbocycles. The van der Waals surface area contributed by atoms with Crippen LogP contribution in [0.1, 0.15) is 11.1 Å². The number of hydrogen-bond donors (Lipinski definition) is 0. The van der Waals surface area contributed by atoms with E-state index in [1.807, 2.05) is 30.3 Å². The smallest absolute Gasteiger partial charge is 0.188 e. The standard InChI is InChI=1S/C16H14BrFO2/c1-19-11-20-16-8-7-13(18)9-14(16)15(10-17)12-5-3-2-4-6-12/h2-10H,11H2,1H3/b15-10+. The van der Waals surface area contributed by atoms with Crippen molar-refractivity contribution in [3.8, 4) is 5.75 Å². The molecule has 0 saturated heterocycles. The molecule has 0 aliphatic heterocycles. The van der Waals surface area contributed by atoms with E-state index in [1.54, 1.807) is 18.2 Å². The summed E-state index contributed by atoms with van der Waals surface area (Å²) in [6, 6.07) is 14.1. The predicted octanol–water partition coefficient (Wildman–Crippen LogP) is 4.59. The monoisotopic (exact) mass is 336 g/mol. The Hall–Kier alpha value is -1.65. The second-order valence-corrected chi connectivity index (χ2v) is 4.54. The van der Waals surface area contributed by atoms with Gasteiger partial charge in [0, 0.05) is 12.7 Å². The van der Waals surface area contributed by atoms with Crippen molar-refractivity contribution < 1.29 is 13.9 Å². The SMILES string of the molecule is COCOc1ccc(F)cc1/C(=C/Br)c1ccccc1. The third-order valence-electron chi connectivity index (χ3n) is 2.76. The van der Waals surface area contributed by atoms with Gasteiger partial charge >= 0.3 is 0 Å². The fourth-order valence-corrected chi connectivity index (χ4v) is 2.37. The lowest BCUT2D eigenvalue weighted by atomic mass is 9.99. The Morgan fingerprint density at radius 1 is 1.20 bits per heavy atom. The highest BCUT2D eigenvalue weighted by Crippen LogP contribution is 2.32. The molecule has 0 amide bonds. The summed E-state index contributed by atoms with van der Waals surface area (Å²) in [6.45, 7) is 0.114. The van der Waals surface area contributed by atoms with Crippen LogP contribution in [-0.4, -0.2) is 13.9 Å². The average Bonchev–Trinajstić information content (AvgIpc) is 2.48. The van der Waals surface area contributed by atoms with E-state index in [1.165, 1.54) is 12.1 Å². The van der Waals surface area contributed by atoms with Gasteiger partial charge in [0.25, 0.3) is 0 Å². The molecule has 0 radical (unpaired) electrons. The molecule has 4 heteroatoms. The number of halogens is 2. The Balaban J connectivity index is 2.46. The van der Waals surface area contributed by atoms with E-state index in [-0.39, 0.29) is 12.6 Å². The van der Waals surface area contributed by atoms with Gasteiger partial charge in [0.05, 0.1) is 0 Å². The highest BCUT2D eigenvalue weighted by molar-refractivity contribution is 9.11. The normalized spacial score (nSPS) is 11.4. The first-order valence-corrected chi connectivity index (χ1v) is 6.95. The van der Waals surface area contributed by atoms with Gasteiger partial charge in [-0.25, -0.2) is 4.39 Å². The van der Waals surface area contributed by atoms with Crippen LogP contribution in [0.15, 0.2) is 53.5 Å². The number of methoxy groups -OCH3 is 1. The molecule has 0 saturated carbocycles. The van der Waals surface area contributed by atoms with Crippen molar-refractivity contribution in [1.82, 2.24) is 0 Å². The van der Waals surface area contributed by atoms with Gasteiger partial charge in [0.15, 0.2) is 6.79 Å². The Morgan fingerprint density at radius 2 is 1.95 bits per heavy atom. The van der Waals surface area contributed by atoms with Gasteiger partial charge in [-0.3, -0.25) is 0 Å². The molecule has 0 atom stereocenters. The van der Waals surface area contributed by atoms with E-state index >= 15 is 0 Å². The molecule has 0 bridgehead atoms. The van der Waals surface area contributed by atoms with E-state index in [0.717, 1.165) is 11.1 Å². The fourth-order valence-electron chi connectivity index (χ4n) is 1.86. The summed E-state index contributed by atoms with van der Waals surface area (Å²) >= 11 is 3.34. The molecule has 20 heavy (non-hydrogen) atoms. The van der Waals surface area contributed by atoms with Crippen molar-refractivity contribution in [2.24, 2.45) is 0 Å². The van der Waals surface area contributed by atoms with Crippen molar-refractivity contribution in [3.05, 3.63) is 70.5 Å². The maximum absolute atomic E-state index is 13.6. The Bertz CT molecular complexity index is 597. The average molecular weight is 337 g/mol. The van der Waals surface area contributed by atoms with Crippen LogP contribution < -0.4 is 4.74 Å². The fraction of sp³-hybridized carbons (Fsp3) is 0.125. The van der Waals surface area contributed by atoms with Crippen LogP contribution in [-0.2, 0) is 4.74 Å². The molecule has 0 aliphatic rings. The summed E-state index contributed by atoms with van der Waals surface area (Å²) in [7, 11) is 1.54. The van der Waals surface area contributed by atoms with Crippen LogP contribution in [0.2, 0.25) is 0 Å². The van der Waals surface area contributed by atoms with Crippen molar-refractivity contribution in [3.63, 3.8) is 0 Å². The quantitative estimate of drug-likeness (QED) is 0.743. The second-order valence-electron chi connectivity index (χ2n) is 4.08. The van der Waals surface area contributed by atoms with Crippen molar-refractivity contribution in [2.45, 2.75) is 0 Å². The zero-order valence-corrected chi connectivity index (χ0v) is 12.6. The van der Waals surface area contributed by atoms with Crippen LogP contribution in [0.4, 0.5) is 4.39 Å². The number of ether oxygens (including phenoxy) is 2. The van der Waals surface area contributed by atoms with Crippen molar-refractivity contribution in [1.29, 1.82) is 0 Å². The van der Waals surface area contributed by atoms with Gasteiger partial charge in [-0.2, -0.15) is 0 Å². The predicted molar refractivity (Wildman–Crippen MR) is 81.4 cm³/mol. The maximum atomic E-state index is 13.6. The van der Waals surface area contributed by atoms with Crippen molar-refractivity contribution >= 4 is 21.5 Å². The van der Waals surface area contributed by atoms with Crippen LogP contribution >= 0.6 is 15.9 Å². The van der Waals surface area contributed by atoms with Crippen LogP contribution in [0.3, 0.4) is 0 Å².